The summed E-state index contributed by atoms with van der Waals surface area (Å²) in [5, 5.41) is 0. The van der Waals surface area contributed by atoms with Crippen LogP contribution in [0.25, 0.3) is 0 Å². The SMILES string of the molecule is CCC(N)[N+](C)(C)C.O=S(=O)(O)O. The molecule has 1 atom stereocenters. The van der Waals surface area contributed by atoms with Crippen LogP contribution in [0.3, 0.4) is 0 Å². The van der Waals surface area contributed by atoms with Crippen LogP contribution < -0.4 is 5.73 Å². The van der Waals surface area contributed by atoms with Gasteiger partial charge in [0.05, 0.1) is 21.1 Å². The highest BCUT2D eigenvalue weighted by molar-refractivity contribution is 7.79. The second-order valence-electron chi connectivity index (χ2n) is 3.54. The topological polar surface area (TPSA) is 101 Å². The summed E-state index contributed by atoms with van der Waals surface area (Å²) < 4.78 is 32.4. The van der Waals surface area contributed by atoms with Crippen LogP contribution in [0.15, 0.2) is 0 Å². The van der Waals surface area contributed by atoms with E-state index in [1.807, 2.05) is 0 Å². The van der Waals surface area contributed by atoms with Gasteiger partial charge in [-0.1, -0.05) is 6.92 Å². The molecule has 13 heavy (non-hydrogen) atoms. The molecule has 0 radical (unpaired) electrons. The van der Waals surface area contributed by atoms with Gasteiger partial charge in [0.15, 0.2) is 0 Å². The van der Waals surface area contributed by atoms with E-state index in [-0.39, 0.29) is 6.17 Å². The van der Waals surface area contributed by atoms with E-state index < -0.39 is 10.4 Å². The normalized spacial score (nSPS) is 14.4. The predicted molar refractivity (Wildman–Crippen MR) is 50.5 cm³/mol. The Morgan fingerprint density at radius 1 is 1.31 bits per heavy atom. The number of hydrogen-bond acceptors (Lipinski definition) is 3. The number of quaternary nitrogens is 1. The van der Waals surface area contributed by atoms with Crippen molar-refractivity contribution in [2.75, 3.05) is 21.1 Å². The first-order chi connectivity index (χ1) is 5.48. The van der Waals surface area contributed by atoms with Gasteiger partial charge in [-0.15, -0.1) is 0 Å². The molecule has 0 fully saturated rings. The summed E-state index contributed by atoms with van der Waals surface area (Å²) >= 11 is 0. The van der Waals surface area contributed by atoms with Crippen molar-refractivity contribution in [1.29, 1.82) is 0 Å². The minimum atomic E-state index is -4.67. The zero-order chi connectivity index (χ0) is 11.3. The van der Waals surface area contributed by atoms with Crippen LogP contribution in [0.2, 0.25) is 0 Å². The fraction of sp³-hybridized carbons (Fsp3) is 1.00. The molecule has 0 saturated heterocycles. The van der Waals surface area contributed by atoms with Gasteiger partial charge in [-0.05, 0) is 0 Å². The fourth-order valence-electron chi connectivity index (χ4n) is 0.548. The molecular weight excluding hydrogens is 196 g/mol. The van der Waals surface area contributed by atoms with Gasteiger partial charge in [0.25, 0.3) is 0 Å². The van der Waals surface area contributed by atoms with Gasteiger partial charge in [-0.3, -0.25) is 14.8 Å². The number of nitrogens with zero attached hydrogens (tertiary/aromatic N) is 1. The number of nitrogens with two attached hydrogens (primary N) is 1. The van der Waals surface area contributed by atoms with Gasteiger partial charge in [-0.2, -0.15) is 8.42 Å². The summed E-state index contributed by atoms with van der Waals surface area (Å²) in [4.78, 5) is 0. The molecule has 0 aliphatic rings. The zero-order valence-electron chi connectivity index (χ0n) is 8.43. The van der Waals surface area contributed by atoms with Gasteiger partial charge in [0.2, 0.25) is 0 Å². The van der Waals surface area contributed by atoms with E-state index in [0.717, 1.165) is 10.9 Å². The van der Waals surface area contributed by atoms with Crippen molar-refractivity contribution in [3.05, 3.63) is 0 Å². The number of rotatable bonds is 2. The van der Waals surface area contributed by atoms with Crippen LogP contribution in [0.4, 0.5) is 0 Å². The van der Waals surface area contributed by atoms with Crippen LogP contribution >= 0.6 is 0 Å². The van der Waals surface area contributed by atoms with E-state index in [1.165, 1.54) is 0 Å². The summed E-state index contributed by atoms with van der Waals surface area (Å²) in [5.74, 6) is 0. The van der Waals surface area contributed by atoms with Crippen molar-refractivity contribution in [3.8, 4) is 0 Å². The summed E-state index contributed by atoms with van der Waals surface area (Å²) in [7, 11) is 1.65. The Labute approximate surface area is 79.5 Å². The van der Waals surface area contributed by atoms with Crippen molar-refractivity contribution in [2.24, 2.45) is 5.73 Å². The molecule has 0 saturated carbocycles. The average molecular weight is 215 g/mol. The molecule has 0 bridgehead atoms. The molecule has 0 aromatic rings. The predicted octanol–water partition coefficient (Wildman–Crippen LogP) is -0.265. The van der Waals surface area contributed by atoms with Gasteiger partial charge >= 0.3 is 10.4 Å². The minimum Gasteiger partial charge on any atom is -0.316 e. The monoisotopic (exact) mass is 215 g/mol. The van der Waals surface area contributed by atoms with Crippen molar-refractivity contribution in [3.63, 3.8) is 0 Å². The Kier molecular flexibility index (Phi) is 6.47. The maximum absolute atomic E-state index is 8.74. The van der Waals surface area contributed by atoms with Gasteiger partial charge in [0, 0.05) is 6.42 Å². The van der Waals surface area contributed by atoms with Crippen molar-refractivity contribution < 1.29 is 22.0 Å². The second kappa shape index (κ2) is 5.51. The molecule has 1 unspecified atom stereocenters. The zero-order valence-corrected chi connectivity index (χ0v) is 9.24. The first-order valence-corrected chi connectivity index (χ1v) is 5.14. The van der Waals surface area contributed by atoms with E-state index in [1.54, 1.807) is 0 Å². The van der Waals surface area contributed by atoms with Gasteiger partial charge in [-0.25, -0.2) is 0 Å². The molecule has 0 heterocycles. The Morgan fingerprint density at radius 3 is 1.54 bits per heavy atom. The van der Waals surface area contributed by atoms with E-state index in [2.05, 4.69) is 28.1 Å². The van der Waals surface area contributed by atoms with Crippen LogP contribution in [0.5, 0.6) is 0 Å². The Morgan fingerprint density at radius 2 is 1.54 bits per heavy atom. The third kappa shape index (κ3) is 18.6. The van der Waals surface area contributed by atoms with Crippen LogP contribution in [0.1, 0.15) is 13.3 Å². The number of hydrogen-bond donors (Lipinski definition) is 3. The van der Waals surface area contributed by atoms with Crippen molar-refractivity contribution in [2.45, 2.75) is 19.5 Å². The lowest BCUT2D eigenvalue weighted by Gasteiger charge is -2.30. The molecule has 0 aliphatic heterocycles. The van der Waals surface area contributed by atoms with Crippen molar-refractivity contribution in [1.82, 2.24) is 0 Å². The third-order valence-electron chi connectivity index (χ3n) is 1.41. The summed E-state index contributed by atoms with van der Waals surface area (Å²) in [5.41, 5.74) is 5.72. The van der Waals surface area contributed by atoms with E-state index in [0.29, 0.717) is 0 Å². The smallest absolute Gasteiger partial charge is 0.316 e. The fourth-order valence-corrected chi connectivity index (χ4v) is 0.548. The standard InChI is InChI=1S/C6H17N2.H2O4S/c1-5-6(7)8(2,3)4;1-5(2,3)4/h6H,5,7H2,1-4H3;(H2,1,2,3,4)/q+1;. The molecule has 0 amide bonds. The Balaban J connectivity index is 0. The lowest BCUT2D eigenvalue weighted by Crippen LogP contribution is -2.50. The van der Waals surface area contributed by atoms with Crippen LogP contribution in [0, 0.1) is 0 Å². The van der Waals surface area contributed by atoms with Gasteiger partial charge in [0.1, 0.15) is 6.17 Å². The van der Waals surface area contributed by atoms with E-state index in [9.17, 15) is 0 Å². The largest absolute Gasteiger partial charge is 0.394 e. The maximum atomic E-state index is 8.74. The molecular formula is C6H19N2O4S+. The van der Waals surface area contributed by atoms with Crippen LogP contribution in [-0.4, -0.2) is 49.3 Å². The first kappa shape index (κ1) is 15.3. The quantitative estimate of drug-likeness (QED) is 0.334. The molecule has 0 aromatic heterocycles. The molecule has 0 spiro atoms. The lowest BCUT2D eigenvalue weighted by molar-refractivity contribution is -0.895. The summed E-state index contributed by atoms with van der Waals surface area (Å²) in [6.07, 6.45) is 1.33. The van der Waals surface area contributed by atoms with Gasteiger partial charge < -0.3 is 4.48 Å². The minimum absolute atomic E-state index is 0.287. The molecule has 82 valence electrons. The van der Waals surface area contributed by atoms with Crippen LogP contribution in [-0.2, 0) is 10.4 Å². The average Bonchev–Trinajstić information content (AvgIpc) is 1.80. The molecule has 0 aromatic carbocycles. The molecule has 7 heteroatoms. The highest BCUT2D eigenvalue weighted by atomic mass is 32.3. The summed E-state index contributed by atoms with van der Waals surface area (Å²) in [6, 6.07) is 0. The molecule has 4 N–H and O–H groups in total. The second-order valence-corrected chi connectivity index (χ2v) is 4.44. The Bertz CT molecular complexity index is 211. The third-order valence-corrected chi connectivity index (χ3v) is 1.41. The molecule has 0 rings (SSSR count). The summed E-state index contributed by atoms with van der Waals surface area (Å²) in [6.45, 7) is 2.11. The van der Waals surface area contributed by atoms with E-state index in [4.69, 9.17) is 23.3 Å². The lowest BCUT2D eigenvalue weighted by atomic mass is 10.3. The maximum Gasteiger partial charge on any atom is 0.394 e. The molecule has 6 nitrogen and oxygen atoms in total. The highest BCUT2D eigenvalue weighted by Gasteiger charge is 2.14. The molecule has 0 aliphatic carbocycles. The van der Waals surface area contributed by atoms with E-state index >= 15 is 0 Å². The highest BCUT2D eigenvalue weighted by Crippen LogP contribution is 1.98. The van der Waals surface area contributed by atoms with Crippen molar-refractivity contribution >= 4 is 10.4 Å². The Hall–Kier alpha value is -0.210. The first-order valence-electron chi connectivity index (χ1n) is 3.75.